The van der Waals surface area contributed by atoms with Crippen LogP contribution in [0.5, 0.6) is 0 Å². The molecule has 0 spiro atoms. The van der Waals surface area contributed by atoms with E-state index in [-0.39, 0.29) is 5.91 Å². The van der Waals surface area contributed by atoms with Crippen molar-refractivity contribution in [2.24, 2.45) is 0 Å². The maximum Gasteiger partial charge on any atom is 0.257 e. The van der Waals surface area contributed by atoms with Gasteiger partial charge in [0.25, 0.3) is 5.91 Å². The predicted molar refractivity (Wildman–Crippen MR) is 119 cm³/mol. The second-order valence-electron chi connectivity index (χ2n) is 7.10. The predicted octanol–water partition coefficient (Wildman–Crippen LogP) is 4.39. The van der Waals surface area contributed by atoms with Crippen LogP contribution in [-0.4, -0.2) is 25.5 Å². The lowest BCUT2D eigenvalue weighted by Crippen LogP contribution is -2.23. The molecule has 6 nitrogen and oxygen atoms in total. The Morgan fingerprint density at radius 3 is 2.32 bits per heavy atom. The van der Waals surface area contributed by atoms with E-state index in [2.05, 4.69) is 15.4 Å². The first-order valence-corrected chi connectivity index (χ1v) is 9.96. The van der Waals surface area contributed by atoms with Gasteiger partial charge in [-0.3, -0.25) is 9.78 Å². The van der Waals surface area contributed by atoms with E-state index in [1.165, 1.54) is 0 Å². The summed E-state index contributed by atoms with van der Waals surface area (Å²) >= 11 is 0. The van der Waals surface area contributed by atoms with Crippen molar-refractivity contribution in [1.29, 1.82) is 0 Å². The van der Waals surface area contributed by atoms with E-state index in [0.29, 0.717) is 17.8 Å². The normalized spacial score (nSPS) is 10.8. The number of carbonyl (C=O) groups excluding carboxylic acids is 1. The second-order valence-corrected chi connectivity index (χ2v) is 7.10. The summed E-state index contributed by atoms with van der Waals surface area (Å²) in [5, 5.41) is 7.43. The van der Waals surface area contributed by atoms with E-state index in [9.17, 15) is 4.79 Å². The number of fused-ring (bicyclic) bond motifs is 1. The van der Waals surface area contributed by atoms with Gasteiger partial charge in [0.15, 0.2) is 5.65 Å². The summed E-state index contributed by atoms with van der Waals surface area (Å²) in [7, 11) is 0. The number of benzene rings is 2. The lowest BCUT2D eigenvalue weighted by molar-refractivity contribution is 0.0952. The fraction of sp³-hybridized carbons (Fsp3) is 0.0400. The Balaban J connectivity index is 1.59. The van der Waals surface area contributed by atoms with Gasteiger partial charge in [0.2, 0.25) is 0 Å². The summed E-state index contributed by atoms with van der Waals surface area (Å²) in [5.74, 6) is -0.226. The number of aromatic nitrogens is 4. The van der Waals surface area contributed by atoms with E-state index in [1.807, 2.05) is 78.9 Å². The van der Waals surface area contributed by atoms with Crippen LogP contribution >= 0.6 is 0 Å². The quantitative estimate of drug-likeness (QED) is 0.471. The number of hydrogen-bond donors (Lipinski definition) is 1. The Hall–Kier alpha value is -4.32. The molecule has 2 aromatic carbocycles. The molecule has 150 valence electrons. The van der Waals surface area contributed by atoms with Crippen molar-refractivity contribution in [2.45, 2.75) is 6.54 Å². The molecule has 0 saturated heterocycles. The molecule has 0 aliphatic carbocycles. The number of carbonyl (C=O) groups is 1. The largest absolute Gasteiger partial charge is 0.348 e. The molecule has 0 radical (unpaired) electrons. The number of pyridine rings is 1. The van der Waals surface area contributed by atoms with Crippen molar-refractivity contribution in [3.63, 3.8) is 0 Å². The fourth-order valence-electron chi connectivity index (χ4n) is 3.47. The Bertz CT molecular complexity index is 1330. The van der Waals surface area contributed by atoms with Crippen molar-refractivity contribution in [3.8, 4) is 22.5 Å². The van der Waals surface area contributed by atoms with Gasteiger partial charge < -0.3 is 5.32 Å². The zero-order valence-electron chi connectivity index (χ0n) is 16.6. The van der Waals surface area contributed by atoms with Crippen LogP contribution in [0.25, 0.3) is 28.2 Å². The van der Waals surface area contributed by atoms with E-state index >= 15 is 0 Å². The number of amides is 1. The molecule has 0 atom stereocenters. The van der Waals surface area contributed by atoms with Gasteiger partial charge in [0, 0.05) is 30.1 Å². The molecule has 31 heavy (non-hydrogen) atoms. The van der Waals surface area contributed by atoms with Gasteiger partial charge in [-0.05, 0) is 17.7 Å². The SMILES string of the molecule is O=C(NCc1cccnc1)c1cnn2c(-c3ccccc3)cc(-c3ccccc3)nc12. The van der Waals surface area contributed by atoms with Gasteiger partial charge in [-0.2, -0.15) is 5.10 Å². The van der Waals surface area contributed by atoms with Gasteiger partial charge in [-0.15, -0.1) is 0 Å². The van der Waals surface area contributed by atoms with Crippen LogP contribution in [0.15, 0.2) is 97.5 Å². The first-order chi connectivity index (χ1) is 15.3. The number of nitrogens with zero attached hydrogens (tertiary/aromatic N) is 4. The lowest BCUT2D eigenvalue weighted by Gasteiger charge is -2.10. The van der Waals surface area contributed by atoms with Gasteiger partial charge >= 0.3 is 0 Å². The van der Waals surface area contributed by atoms with E-state index in [0.717, 1.165) is 28.1 Å². The Kier molecular flexibility index (Phi) is 4.94. The highest BCUT2D eigenvalue weighted by molar-refractivity contribution is 6.00. The molecule has 0 aliphatic heterocycles. The van der Waals surface area contributed by atoms with Gasteiger partial charge in [0.05, 0.1) is 17.6 Å². The molecule has 3 aromatic heterocycles. The summed E-state index contributed by atoms with van der Waals surface area (Å²) in [4.78, 5) is 21.8. The second kappa shape index (κ2) is 8.20. The van der Waals surface area contributed by atoms with Gasteiger partial charge in [-0.1, -0.05) is 66.7 Å². The average Bonchev–Trinajstić information content (AvgIpc) is 3.28. The number of nitrogens with one attached hydrogen (secondary N) is 1. The maximum absolute atomic E-state index is 13.0. The molecular weight excluding hydrogens is 386 g/mol. The van der Waals surface area contributed by atoms with Crippen LogP contribution in [0.2, 0.25) is 0 Å². The number of rotatable bonds is 5. The summed E-state index contributed by atoms with van der Waals surface area (Å²) in [5.41, 5.74) is 5.50. The molecule has 0 bridgehead atoms. The summed E-state index contributed by atoms with van der Waals surface area (Å²) in [6, 6.07) is 25.7. The van der Waals surface area contributed by atoms with Crippen LogP contribution in [-0.2, 0) is 6.54 Å². The molecule has 0 saturated carbocycles. The Morgan fingerprint density at radius 1 is 0.871 bits per heavy atom. The number of hydrogen-bond acceptors (Lipinski definition) is 4. The highest BCUT2D eigenvalue weighted by Gasteiger charge is 2.18. The zero-order valence-corrected chi connectivity index (χ0v) is 16.6. The van der Waals surface area contributed by atoms with E-state index < -0.39 is 0 Å². The zero-order chi connectivity index (χ0) is 21.0. The van der Waals surface area contributed by atoms with Crippen molar-refractivity contribution >= 4 is 11.6 Å². The van der Waals surface area contributed by atoms with Crippen molar-refractivity contribution < 1.29 is 4.79 Å². The van der Waals surface area contributed by atoms with E-state index in [4.69, 9.17) is 4.98 Å². The van der Waals surface area contributed by atoms with Gasteiger partial charge in [0.1, 0.15) is 5.56 Å². The van der Waals surface area contributed by atoms with Crippen LogP contribution in [0, 0.1) is 0 Å². The summed E-state index contributed by atoms with van der Waals surface area (Å²) < 4.78 is 1.72. The highest BCUT2D eigenvalue weighted by Crippen LogP contribution is 2.27. The third-order valence-corrected chi connectivity index (χ3v) is 5.03. The Morgan fingerprint density at radius 2 is 1.61 bits per heavy atom. The van der Waals surface area contributed by atoms with Crippen molar-refractivity contribution in [2.75, 3.05) is 0 Å². The topological polar surface area (TPSA) is 72.2 Å². The minimum atomic E-state index is -0.226. The third-order valence-electron chi connectivity index (χ3n) is 5.03. The summed E-state index contributed by atoms with van der Waals surface area (Å²) in [6.45, 7) is 0.383. The maximum atomic E-state index is 13.0. The minimum absolute atomic E-state index is 0.226. The molecule has 0 aliphatic rings. The van der Waals surface area contributed by atoms with Gasteiger partial charge in [-0.25, -0.2) is 9.50 Å². The highest BCUT2D eigenvalue weighted by atomic mass is 16.1. The molecule has 1 N–H and O–H groups in total. The third kappa shape index (κ3) is 3.79. The van der Waals surface area contributed by atoms with E-state index in [1.54, 1.807) is 23.1 Å². The summed E-state index contributed by atoms with van der Waals surface area (Å²) in [6.07, 6.45) is 5.01. The van der Waals surface area contributed by atoms with Crippen molar-refractivity contribution in [1.82, 2.24) is 24.9 Å². The molecular formula is C25H19N5O. The lowest BCUT2D eigenvalue weighted by atomic mass is 10.1. The molecule has 1 amide bonds. The first-order valence-electron chi connectivity index (χ1n) is 9.96. The van der Waals surface area contributed by atoms with Crippen LogP contribution in [0.3, 0.4) is 0 Å². The fourth-order valence-corrected chi connectivity index (χ4v) is 3.47. The molecule has 6 heteroatoms. The first kappa shape index (κ1) is 18.7. The molecule has 5 aromatic rings. The minimum Gasteiger partial charge on any atom is -0.348 e. The molecule has 5 rings (SSSR count). The van der Waals surface area contributed by atoms with Crippen LogP contribution in [0.4, 0.5) is 0 Å². The van der Waals surface area contributed by atoms with Crippen LogP contribution < -0.4 is 5.32 Å². The molecule has 0 unspecified atom stereocenters. The van der Waals surface area contributed by atoms with Crippen LogP contribution in [0.1, 0.15) is 15.9 Å². The average molecular weight is 405 g/mol. The standard InChI is InChI=1S/C25H19N5O/c31-25(27-16-18-8-7-13-26-15-18)21-17-28-30-23(20-11-5-2-6-12-20)14-22(29-24(21)30)19-9-3-1-4-10-19/h1-15,17H,16H2,(H,27,31). The Labute approximate surface area is 179 Å². The van der Waals surface area contributed by atoms with Crippen molar-refractivity contribution in [3.05, 3.63) is 109 Å². The molecule has 0 fully saturated rings. The monoisotopic (exact) mass is 405 g/mol. The molecule has 3 heterocycles. The smallest absolute Gasteiger partial charge is 0.257 e.